The quantitative estimate of drug-likeness (QED) is 0.768. The van der Waals surface area contributed by atoms with Crippen LogP contribution in [0.25, 0.3) is 0 Å². The molecule has 0 bridgehead atoms. The first kappa shape index (κ1) is 13.0. The van der Waals surface area contributed by atoms with Crippen LogP contribution in [-0.2, 0) is 0 Å². The van der Waals surface area contributed by atoms with Crippen LogP contribution in [-0.4, -0.2) is 12.4 Å². The number of benzene rings is 1. The van der Waals surface area contributed by atoms with Gasteiger partial charge in [-0.1, -0.05) is 13.3 Å². The lowest BCUT2D eigenvalue weighted by molar-refractivity contribution is 0.0931. The molecule has 2 unspecified atom stereocenters. The molecule has 0 N–H and O–H groups in total. The number of rotatable bonds is 3. The molecule has 4 heteroatoms. The van der Waals surface area contributed by atoms with Gasteiger partial charge in [0.15, 0.2) is 17.4 Å². The zero-order valence-corrected chi connectivity index (χ0v) is 10.3. The Morgan fingerprint density at radius 2 is 1.83 bits per heavy atom. The van der Waals surface area contributed by atoms with Gasteiger partial charge in [-0.3, -0.25) is 4.79 Å². The van der Waals surface area contributed by atoms with Gasteiger partial charge in [0.05, 0.1) is 0 Å². The molecule has 2 atom stereocenters. The van der Waals surface area contributed by atoms with E-state index in [0.29, 0.717) is 12.2 Å². The zero-order valence-electron chi connectivity index (χ0n) is 10.3. The average Bonchev–Trinajstić information content (AvgIpc) is 2.35. The summed E-state index contributed by atoms with van der Waals surface area (Å²) in [4.78, 5) is 10.5. The molecule has 1 aliphatic carbocycles. The first-order valence-corrected chi connectivity index (χ1v) is 6.22. The first-order chi connectivity index (χ1) is 8.61. The van der Waals surface area contributed by atoms with Crippen LogP contribution in [0.2, 0.25) is 0 Å². The highest BCUT2D eigenvalue weighted by Gasteiger charge is 2.25. The molecule has 98 valence electrons. The second-order valence-electron chi connectivity index (χ2n) is 4.85. The molecule has 1 aromatic carbocycles. The molecule has 18 heavy (non-hydrogen) atoms. The van der Waals surface area contributed by atoms with Gasteiger partial charge in [0, 0.05) is 5.56 Å². The van der Waals surface area contributed by atoms with Crippen molar-refractivity contribution in [2.45, 2.75) is 38.7 Å². The maximum Gasteiger partial charge on any atom is 0.191 e. The summed E-state index contributed by atoms with van der Waals surface area (Å²) < 4.78 is 32.8. The molecule has 1 aromatic rings. The number of hydrogen-bond donors (Lipinski definition) is 0. The molecule has 0 radical (unpaired) electrons. The summed E-state index contributed by atoms with van der Waals surface area (Å²) in [6, 6.07) is 2.00. The fourth-order valence-electron chi connectivity index (χ4n) is 2.37. The number of carbonyl (C=O) groups is 1. The van der Waals surface area contributed by atoms with Gasteiger partial charge in [0.25, 0.3) is 0 Å². The zero-order chi connectivity index (χ0) is 13.1. The van der Waals surface area contributed by atoms with Crippen molar-refractivity contribution in [1.82, 2.24) is 0 Å². The predicted molar refractivity (Wildman–Crippen MR) is 63.8 cm³/mol. The van der Waals surface area contributed by atoms with Crippen molar-refractivity contribution < 1.29 is 18.3 Å². The molecular weight excluding hydrogens is 238 g/mol. The largest absolute Gasteiger partial charge is 0.484 e. The van der Waals surface area contributed by atoms with Crippen LogP contribution in [0.5, 0.6) is 5.75 Å². The molecule has 2 nitrogen and oxygen atoms in total. The van der Waals surface area contributed by atoms with Crippen molar-refractivity contribution in [1.29, 1.82) is 0 Å². The summed E-state index contributed by atoms with van der Waals surface area (Å²) in [6.45, 7) is 2.03. The van der Waals surface area contributed by atoms with Crippen LogP contribution in [0, 0.1) is 17.6 Å². The normalized spacial score (nSPS) is 23.7. The van der Waals surface area contributed by atoms with E-state index in [-0.39, 0.29) is 17.4 Å². The maximum atomic E-state index is 13.7. The molecule has 0 amide bonds. The van der Waals surface area contributed by atoms with Crippen molar-refractivity contribution in [2.75, 3.05) is 0 Å². The molecule has 0 spiro atoms. The Hall–Kier alpha value is -1.45. The first-order valence-electron chi connectivity index (χ1n) is 6.22. The highest BCUT2D eigenvalue weighted by atomic mass is 19.1. The standard InChI is InChI=1S/C14H16F2O2/c1-9-4-2-3-5-13(9)18-14-11(15)6-10(8-17)7-12(14)16/h6-9,13H,2-5H2,1H3. The van der Waals surface area contributed by atoms with E-state index < -0.39 is 11.6 Å². The second kappa shape index (κ2) is 5.46. The Morgan fingerprint density at radius 3 is 2.39 bits per heavy atom. The molecule has 1 aliphatic rings. The third-order valence-electron chi connectivity index (χ3n) is 3.46. The minimum absolute atomic E-state index is 0.0194. The summed E-state index contributed by atoms with van der Waals surface area (Å²) in [6.07, 6.45) is 4.25. The summed E-state index contributed by atoms with van der Waals surface area (Å²) in [5.41, 5.74) is -0.0194. The van der Waals surface area contributed by atoms with Crippen molar-refractivity contribution in [2.24, 2.45) is 5.92 Å². The van der Waals surface area contributed by atoms with Crippen LogP contribution >= 0.6 is 0 Å². The lowest BCUT2D eigenvalue weighted by Crippen LogP contribution is -2.29. The van der Waals surface area contributed by atoms with Gasteiger partial charge in [-0.2, -0.15) is 0 Å². The monoisotopic (exact) mass is 254 g/mol. The van der Waals surface area contributed by atoms with Gasteiger partial charge in [-0.15, -0.1) is 0 Å². The van der Waals surface area contributed by atoms with Crippen LogP contribution in [0.15, 0.2) is 12.1 Å². The summed E-state index contributed by atoms with van der Waals surface area (Å²) in [5, 5.41) is 0. The molecule has 0 aliphatic heterocycles. The fraction of sp³-hybridized carbons (Fsp3) is 0.500. The van der Waals surface area contributed by atoms with E-state index >= 15 is 0 Å². The number of ether oxygens (including phenoxy) is 1. The van der Waals surface area contributed by atoms with E-state index in [9.17, 15) is 13.6 Å². The molecule has 0 aromatic heterocycles. The van der Waals surface area contributed by atoms with Gasteiger partial charge in [-0.25, -0.2) is 8.78 Å². The van der Waals surface area contributed by atoms with Crippen molar-refractivity contribution in [3.63, 3.8) is 0 Å². The number of halogens is 2. The van der Waals surface area contributed by atoms with E-state index in [4.69, 9.17) is 4.74 Å². The maximum absolute atomic E-state index is 13.7. The molecule has 0 heterocycles. The molecular formula is C14H16F2O2. The van der Waals surface area contributed by atoms with E-state index in [0.717, 1.165) is 37.8 Å². The number of hydrogen-bond acceptors (Lipinski definition) is 2. The Balaban J connectivity index is 2.20. The van der Waals surface area contributed by atoms with Gasteiger partial charge >= 0.3 is 0 Å². The average molecular weight is 254 g/mol. The Morgan fingerprint density at radius 1 is 1.22 bits per heavy atom. The Bertz CT molecular complexity index is 422. The minimum Gasteiger partial charge on any atom is -0.484 e. The fourth-order valence-corrected chi connectivity index (χ4v) is 2.37. The third kappa shape index (κ3) is 2.68. The highest BCUT2D eigenvalue weighted by molar-refractivity contribution is 5.75. The molecule has 1 fully saturated rings. The smallest absolute Gasteiger partial charge is 0.191 e. The minimum atomic E-state index is -0.810. The van der Waals surface area contributed by atoms with Crippen LogP contribution in [0.4, 0.5) is 8.78 Å². The number of carbonyl (C=O) groups excluding carboxylic acids is 1. The van der Waals surface area contributed by atoms with Crippen LogP contribution < -0.4 is 4.74 Å². The Labute approximate surface area is 105 Å². The van der Waals surface area contributed by atoms with Gasteiger partial charge in [0.2, 0.25) is 0 Å². The summed E-state index contributed by atoms with van der Waals surface area (Å²) in [5.74, 6) is -1.69. The van der Waals surface area contributed by atoms with Gasteiger partial charge in [0.1, 0.15) is 12.4 Å². The van der Waals surface area contributed by atoms with Gasteiger partial charge < -0.3 is 4.74 Å². The lowest BCUT2D eigenvalue weighted by Gasteiger charge is -2.29. The SMILES string of the molecule is CC1CCCCC1Oc1c(F)cc(C=O)cc1F. The van der Waals surface area contributed by atoms with Crippen LogP contribution in [0.1, 0.15) is 43.0 Å². The molecule has 2 rings (SSSR count). The highest BCUT2D eigenvalue weighted by Crippen LogP contribution is 2.31. The van der Waals surface area contributed by atoms with Crippen molar-refractivity contribution >= 4 is 6.29 Å². The van der Waals surface area contributed by atoms with E-state index in [2.05, 4.69) is 0 Å². The van der Waals surface area contributed by atoms with Gasteiger partial charge in [-0.05, 0) is 37.3 Å². The van der Waals surface area contributed by atoms with Crippen molar-refractivity contribution in [3.05, 3.63) is 29.3 Å². The summed E-state index contributed by atoms with van der Waals surface area (Å²) in [7, 11) is 0. The van der Waals surface area contributed by atoms with Crippen molar-refractivity contribution in [3.8, 4) is 5.75 Å². The third-order valence-corrected chi connectivity index (χ3v) is 3.46. The molecule has 0 saturated heterocycles. The van der Waals surface area contributed by atoms with E-state index in [1.54, 1.807) is 0 Å². The topological polar surface area (TPSA) is 26.3 Å². The Kier molecular flexibility index (Phi) is 3.94. The lowest BCUT2D eigenvalue weighted by atomic mass is 9.88. The van der Waals surface area contributed by atoms with E-state index in [1.807, 2.05) is 6.92 Å². The predicted octanol–water partition coefficient (Wildman–Crippen LogP) is 3.73. The second-order valence-corrected chi connectivity index (χ2v) is 4.85. The summed E-state index contributed by atoms with van der Waals surface area (Å²) >= 11 is 0. The van der Waals surface area contributed by atoms with E-state index in [1.165, 1.54) is 0 Å². The molecule has 1 saturated carbocycles. The number of aldehydes is 1. The van der Waals surface area contributed by atoms with Crippen LogP contribution in [0.3, 0.4) is 0 Å².